The molecule has 1 amide bonds. The molecule has 1 aliphatic rings. The van der Waals surface area contributed by atoms with Gasteiger partial charge in [-0.15, -0.1) is 0 Å². The van der Waals surface area contributed by atoms with Gasteiger partial charge in [-0.05, 0) is 24.6 Å². The van der Waals surface area contributed by atoms with Gasteiger partial charge in [0.2, 0.25) is 0 Å². The number of thioether (sulfide) groups is 1. The van der Waals surface area contributed by atoms with Crippen LogP contribution in [-0.4, -0.2) is 34.8 Å². The number of carbonyl (C=O) groups is 2. The zero-order valence-electron chi connectivity index (χ0n) is 15.5. The van der Waals surface area contributed by atoms with Crippen molar-refractivity contribution >= 4 is 46.3 Å². The monoisotopic (exact) mass is 413 g/mol. The summed E-state index contributed by atoms with van der Waals surface area (Å²) in [4.78, 5) is 25.8. The first kappa shape index (κ1) is 20.1. The van der Waals surface area contributed by atoms with Gasteiger partial charge in [-0.2, -0.15) is 0 Å². The van der Waals surface area contributed by atoms with E-state index in [9.17, 15) is 9.59 Å². The first-order chi connectivity index (χ1) is 13.5. The molecule has 28 heavy (non-hydrogen) atoms. The average Bonchev–Trinajstić information content (AvgIpc) is 2.95. The minimum Gasteiger partial charge on any atom is -0.488 e. The number of carbonyl (C=O) groups excluding carboxylic acids is 2. The molecule has 0 unspecified atom stereocenters. The fourth-order valence-electron chi connectivity index (χ4n) is 2.55. The van der Waals surface area contributed by atoms with Crippen LogP contribution in [0.5, 0.6) is 5.75 Å². The molecule has 3 rings (SSSR count). The van der Waals surface area contributed by atoms with E-state index in [4.69, 9.17) is 17.0 Å². The smallest absolute Gasteiger partial charge is 0.325 e. The molecule has 0 aromatic heterocycles. The minimum atomic E-state index is -0.514. The maximum atomic E-state index is 12.6. The lowest BCUT2D eigenvalue weighted by Crippen LogP contribution is -2.33. The fraction of sp³-hybridized carbons (Fsp3) is 0.190. The molecule has 1 aliphatic heterocycles. The van der Waals surface area contributed by atoms with Crippen LogP contribution in [0.15, 0.2) is 53.4 Å². The lowest BCUT2D eigenvalue weighted by atomic mass is 10.1. The molecule has 0 radical (unpaired) electrons. The quantitative estimate of drug-likeness (QED) is 0.406. The molecule has 5 nitrogen and oxygen atoms in total. The molecule has 0 N–H and O–H groups in total. The molecular formula is C21H19NO4S2. The van der Waals surface area contributed by atoms with E-state index >= 15 is 0 Å². The normalized spacial score (nSPS) is 15.2. The number of amides is 1. The Morgan fingerprint density at radius 2 is 1.89 bits per heavy atom. The van der Waals surface area contributed by atoms with E-state index in [0.717, 1.165) is 22.9 Å². The van der Waals surface area contributed by atoms with Gasteiger partial charge in [-0.1, -0.05) is 72.0 Å². The Kier molecular flexibility index (Phi) is 6.49. The van der Waals surface area contributed by atoms with Gasteiger partial charge < -0.3 is 9.47 Å². The van der Waals surface area contributed by atoms with Crippen molar-refractivity contribution in [3.63, 3.8) is 0 Å². The molecule has 0 atom stereocenters. The van der Waals surface area contributed by atoms with E-state index < -0.39 is 5.97 Å². The molecule has 0 aliphatic carbocycles. The van der Waals surface area contributed by atoms with Gasteiger partial charge in [0.15, 0.2) is 0 Å². The topological polar surface area (TPSA) is 55.8 Å². The fourth-order valence-corrected chi connectivity index (χ4v) is 3.79. The van der Waals surface area contributed by atoms with Gasteiger partial charge in [0.25, 0.3) is 5.91 Å². The molecule has 0 saturated carbocycles. The second-order valence-electron chi connectivity index (χ2n) is 6.16. The largest absolute Gasteiger partial charge is 0.488 e. The molecule has 7 heteroatoms. The Hall–Kier alpha value is -2.64. The van der Waals surface area contributed by atoms with E-state index in [2.05, 4.69) is 4.74 Å². The first-order valence-electron chi connectivity index (χ1n) is 8.57. The summed E-state index contributed by atoms with van der Waals surface area (Å²) in [6, 6.07) is 15.6. The van der Waals surface area contributed by atoms with Crippen molar-refractivity contribution in [2.24, 2.45) is 0 Å². The lowest BCUT2D eigenvalue weighted by Gasteiger charge is -2.12. The van der Waals surface area contributed by atoms with Crippen molar-refractivity contribution < 1.29 is 19.1 Å². The Balaban J connectivity index is 1.77. The van der Waals surface area contributed by atoms with Gasteiger partial charge in [-0.3, -0.25) is 14.5 Å². The predicted molar refractivity (Wildman–Crippen MR) is 114 cm³/mol. The number of nitrogens with zero attached hydrogens (tertiary/aromatic N) is 1. The highest BCUT2D eigenvalue weighted by Gasteiger charge is 2.33. The van der Waals surface area contributed by atoms with Crippen LogP contribution in [0.4, 0.5) is 0 Å². The zero-order chi connectivity index (χ0) is 20.1. The molecular weight excluding hydrogens is 394 g/mol. The molecule has 2 aromatic carbocycles. The molecule has 1 heterocycles. The highest BCUT2D eigenvalue weighted by molar-refractivity contribution is 8.26. The molecule has 1 fully saturated rings. The third kappa shape index (κ3) is 4.79. The molecule has 1 saturated heterocycles. The molecule has 0 bridgehead atoms. The van der Waals surface area contributed by atoms with Crippen LogP contribution in [0, 0.1) is 6.92 Å². The van der Waals surface area contributed by atoms with Crippen LogP contribution in [0.2, 0.25) is 0 Å². The number of aryl methyl sites for hydroxylation is 1. The summed E-state index contributed by atoms with van der Waals surface area (Å²) in [6.07, 6.45) is 1.74. The van der Waals surface area contributed by atoms with E-state index in [0.29, 0.717) is 21.6 Å². The van der Waals surface area contributed by atoms with Gasteiger partial charge in [-0.25, -0.2) is 0 Å². The van der Waals surface area contributed by atoms with Gasteiger partial charge in [0.1, 0.15) is 23.2 Å². The van der Waals surface area contributed by atoms with Crippen molar-refractivity contribution in [3.05, 3.63) is 70.1 Å². The minimum absolute atomic E-state index is 0.190. The third-order valence-electron chi connectivity index (χ3n) is 4.11. The highest BCUT2D eigenvalue weighted by Crippen LogP contribution is 2.34. The Bertz CT molecular complexity index is 938. The number of hydrogen-bond acceptors (Lipinski definition) is 6. The summed E-state index contributed by atoms with van der Waals surface area (Å²) in [5, 5.41) is 0. The van der Waals surface area contributed by atoms with E-state index in [-0.39, 0.29) is 12.5 Å². The number of hydrogen-bond donors (Lipinski definition) is 0. The number of methoxy groups -OCH3 is 1. The number of thiocarbonyl (C=S) groups is 1. The lowest BCUT2D eigenvalue weighted by molar-refractivity contribution is -0.143. The zero-order valence-corrected chi connectivity index (χ0v) is 17.1. The number of rotatable bonds is 6. The number of benzene rings is 2. The predicted octanol–water partition coefficient (Wildman–Crippen LogP) is 3.95. The van der Waals surface area contributed by atoms with Gasteiger partial charge in [0, 0.05) is 5.56 Å². The summed E-state index contributed by atoms with van der Waals surface area (Å²) >= 11 is 6.38. The average molecular weight is 414 g/mol. The van der Waals surface area contributed by atoms with Crippen LogP contribution in [0.25, 0.3) is 6.08 Å². The summed E-state index contributed by atoms with van der Waals surface area (Å²) in [5.41, 5.74) is 3.02. The van der Waals surface area contributed by atoms with Crippen LogP contribution < -0.4 is 4.74 Å². The third-order valence-corrected chi connectivity index (χ3v) is 5.49. The standard InChI is InChI=1S/C21H19NO4S2/c1-14-7-9-15(10-8-14)13-26-17-6-4-3-5-16(17)11-18-20(24)22(21(27)28-18)12-19(23)25-2/h3-11H,12-13H2,1-2H3/b18-11-. The Morgan fingerprint density at radius 3 is 2.61 bits per heavy atom. The summed E-state index contributed by atoms with van der Waals surface area (Å²) < 4.78 is 10.9. The molecule has 2 aromatic rings. The Labute approximate surface area is 173 Å². The summed E-state index contributed by atoms with van der Waals surface area (Å²) in [7, 11) is 1.28. The van der Waals surface area contributed by atoms with Crippen LogP contribution in [0.1, 0.15) is 16.7 Å². The molecule has 144 valence electrons. The maximum Gasteiger partial charge on any atom is 0.325 e. The Morgan fingerprint density at radius 1 is 1.18 bits per heavy atom. The van der Waals surface area contributed by atoms with Crippen molar-refractivity contribution in [2.45, 2.75) is 13.5 Å². The van der Waals surface area contributed by atoms with Gasteiger partial charge >= 0.3 is 5.97 Å². The van der Waals surface area contributed by atoms with E-state index in [1.165, 1.54) is 17.6 Å². The van der Waals surface area contributed by atoms with Gasteiger partial charge in [0.05, 0.1) is 12.0 Å². The summed E-state index contributed by atoms with van der Waals surface area (Å²) in [5.74, 6) is -0.158. The van der Waals surface area contributed by atoms with E-state index in [1.54, 1.807) is 6.08 Å². The van der Waals surface area contributed by atoms with Crippen molar-refractivity contribution in [2.75, 3.05) is 13.7 Å². The number of para-hydroxylation sites is 1. The summed E-state index contributed by atoms with van der Waals surface area (Å²) in [6.45, 7) is 2.27. The highest BCUT2D eigenvalue weighted by atomic mass is 32.2. The van der Waals surface area contributed by atoms with Crippen molar-refractivity contribution in [1.29, 1.82) is 0 Å². The van der Waals surface area contributed by atoms with Crippen LogP contribution >= 0.6 is 24.0 Å². The van der Waals surface area contributed by atoms with Crippen LogP contribution in [0.3, 0.4) is 0 Å². The number of esters is 1. The SMILES string of the molecule is COC(=O)CN1C(=O)/C(=C/c2ccccc2OCc2ccc(C)cc2)SC1=S. The first-order valence-corrected chi connectivity index (χ1v) is 9.80. The molecule has 0 spiro atoms. The van der Waals surface area contributed by atoms with E-state index in [1.807, 2.05) is 55.5 Å². The number of ether oxygens (including phenoxy) is 2. The van der Waals surface area contributed by atoms with Crippen molar-refractivity contribution in [1.82, 2.24) is 4.90 Å². The maximum absolute atomic E-state index is 12.6. The van der Waals surface area contributed by atoms with Crippen molar-refractivity contribution in [3.8, 4) is 5.75 Å². The second kappa shape index (κ2) is 9.03. The van der Waals surface area contributed by atoms with Crippen LogP contribution in [-0.2, 0) is 20.9 Å². The second-order valence-corrected chi connectivity index (χ2v) is 7.83.